The number of nitrogens with two attached hydrogens (primary N) is 1. The number of likely N-dealkylation sites (tertiary alicyclic amines) is 1. The van der Waals surface area contributed by atoms with Crippen molar-refractivity contribution in [3.8, 4) is 22.4 Å². The van der Waals surface area contributed by atoms with Crippen molar-refractivity contribution in [2.75, 3.05) is 13.1 Å². The average molecular weight is 425 g/mol. The van der Waals surface area contributed by atoms with Gasteiger partial charge in [-0.15, -0.1) is 0 Å². The lowest BCUT2D eigenvalue weighted by atomic mass is 10.0. The summed E-state index contributed by atoms with van der Waals surface area (Å²) in [6.07, 6.45) is 0.868. The SMILES string of the molecule is Cc1cc(-c2[nH]c3cc(-c4cccc(C(=O)N5CC[C@@H](N)C5)c4)ccc3c2C)cc(C)n1. The topological polar surface area (TPSA) is 75.0 Å². The van der Waals surface area contributed by atoms with Gasteiger partial charge in [0, 0.05) is 58.2 Å². The number of nitrogens with one attached hydrogen (secondary N) is 1. The van der Waals surface area contributed by atoms with Crippen LogP contribution in [0, 0.1) is 20.8 Å². The molecule has 0 aliphatic carbocycles. The van der Waals surface area contributed by atoms with E-state index >= 15 is 0 Å². The van der Waals surface area contributed by atoms with Gasteiger partial charge >= 0.3 is 0 Å². The summed E-state index contributed by atoms with van der Waals surface area (Å²) >= 11 is 0. The lowest BCUT2D eigenvalue weighted by Crippen LogP contribution is -2.31. The number of aromatic amines is 1. The van der Waals surface area contributed by atoms with Crippen molar-refractivity contribution >= 4 is 16.8 Å². The Labute approximate surface area is 188 Å². The maximum Gasteiger partial charge on any atom is 0.253 e. The monoisotopic (exact) mass is 424 g/mol. The summed E-state index contributed by atoms with van der Waals surface area (Å²) in [5, 5.41) is 1.20. The van der Waals surface area contributed by atoms with Crippen LogP contribution in [-0.2, 0) is 0 Å². The Balaban J connectivity index is 1.51. The number of fused-ring (bicyclic) bond motifs is 1. The van der Waals surface area contributed by atoms with Gasteiger partial charge in [0.1, 0.15) is 0 Å². The molecule has 5 rings (SSSR count). The Kier molecular flexibility index (Phi) is 5.06. The van der Waals surface area contributed by atoms with E-state index in [0.717, 1.165) is 52.3 Å². The van der Waals surface area contributed by atoms with E-state index in [2.05, 4.69) is 53.3 Å². The van der Waals surface area contributed by atoms with E-state index in [1.807, 2.05) is 36.9 Å². The fourth-order valence-corrected chi connectivity index (χ4v) is 4.77. The van der Waals surface area contributed by atoms with E-state index in [-0.39, 0.29) is 11.9 Å². The summed E-state index contributed by atoms with van der Waals surface area (Å²) in [4.78, 5) is 22.9. The molecule has 2 aromatic heterocycles. The summed E-state index contributed by atoms with van der Waals surface area (Å²) in [5.41, 5.74) is 15.4. The van der Waals surface area contributed by atoms with Crippen LogP contribution in [0.5, 0.6) is 0 Å². The average Bonchev–Trinajstić information content (AvgIpc) is 3.35. The number of aromatic nitrogens is 2. The third-order valence-electron chi connectivity index (χ3n) is 6.38. The number of aryl methyl sites for hydroxylation is 3. The van der Waals surface area contributed by atoms with E-state index in [1.165, 1.54) is 10.9 Å². The molecule has 3 heterocycles. The zero-order valence-corrected chi connectivity index (χ0v) is 18.8. The Morgan fingerprint density at radius 2 is 1.75 bits per heavy atom. The van der Waals surface area contributed by atoms with Crippen LogP contribution in [0.25, 0.3) is 33.3 Å². The highest BCUT2D eigenvalue weighted by Gasteiger charge is 2.24. The number of carbonyl (C=O) groups excluding carboxylic acids is 1. The quantitative estimate of drug-likeness (QED) is 0.486. The van der Waals surface area contributed by atoms with Crippen molar-refractivity contribution in [3.63, 3.8) is 0 Å². The lowest BCUT2D eigenvalue weighted by molar-refractivity contribution is 0.0791. The minimum atomic E-state index is 0.0577. The molecule has 162 valence electrons. The summed E-state index contributed by atoms with van der Waals surface area (Å²) < 4.78 is 0. The summed E-state index contributed by atoms with van der Waals surface area (Å²) in [5.74, 6) is 0.0577. The van der Waals surface area contributed by atoms with Gasteiger partial charge in [-0.2, -0.15) is 0 Å². The van der Waals surface area contributed by atoms with Gasteiger partial charge in [0.25, 0.3) is 5.91 Å². The standard InChI is InChI=1S/C27H28N4O/c1-16-11-22(12-17(2)29-16)26-18(3)24-8-7-20(14-25(24)30-26)19-5-4-6-21(13-19)27(32)31-10-9-23(28)15-31/h4-8,11-14,23,30H,9-10,15,28H2,1-3H3/t23-/m1/s1. The molecule has 0 spiro atoms. The predicted octanol–water partition coefficient (Wildman–Crippen LogP) is 5.00. The van der Waals surface area contributed by atoms with Gasteiger partial charge in [-0.05, 0) is 74.2 Å². The van der Waals surface area contributed by atoms with Crippen molar-refractivity contribution in [2.24, 2.45) is 5.73 Å². The lowest BCUT2D eigenvalue weighted by Gasteiger charge is -2.16. The minimum absolute atomic E-state index is 0.0577. The number of amides is 1. The molecule has 0 unspecified atom stereocenters. The first-order valence-electron chi connectivity index (χ1n) is 11.1. The molecule has 1 atom stereocenters. The number of pyridine rings is 1. The van der Waals surface area contributed by atoms with E-state index in [4.69, 9.17) is 5.73 Å². The van der Waals surface area contributed by atoms with Crippen LogP contribution in [0.3, 0.4) is 0 Å². The number of rotatable bonds is 3. The number of hydrogen-bond acceptors (Lipinski definition) is 3. The summed E-state index contributed by atoms with van der Waals surface area (Å²) in [7, 11) is 0. The maximum absolute atomic E-state index is 12.9. The third kappa shape index (κ3) is 3.69. The van der Waals surface area contributed by atoms with E-state index in [9.17, 15) is 4.79 Å². The first-order chi connectivity index (χ1) is 15.4. The van der Waals surface area contributed by atoms with Crippen LogP contribution in [0.15, 0.2) is 54.6 Å². The highest BCUT2D eigenvalue weighted by molar-refractivity contribution is 5.97. The molecule has 1 amide bonds. The van der Waals surface area contributed by atoms with Crippen LogP contribution in [0.2, 0.25) is 0 Å². The molecule has 0 radical (unpaired) electrons. The Morgan fingerprint density at radius 3 is 2.47 bits per heavy atom. The third-order valence-corrected chi connectivity index (χ3v) is 6.38. The van der Waals surface area contributed by atoms with Crippen LogP contribution in [-0.4, -0.2) is 39.9 Å². The molecule has 32 heavy (non-hydrogen) atoms. The zero-order valence-electron chi connectivity index (χ0n) is 18.8. The number of nitrogens with zero attached hydrogens (tertiary/aromatic N) is 2. The smallest absolute Gasteiger partial charge is 0.253 e. The van der Waals surface area contributed by atoms with Gasteiger partial charge in [-0.25, -0.2) is 0 Å². The number of hydrogen-bond donors (Lipinski definition) is 2. The van der Waals surface area contributed by atoms with E-state index in [1.54, 1.807) is 0 Å². The van der Waals surface area contributed by atoms with Crippen LogP contribution < -0.4 is 5.73 Å². The molecule has 0 saturated carbocycles. The molecule has 1 aliphatic rings. The molecule has 1 fully saturated rings. The fraction of sp³-hybridized carbons (Fsp3) is 0.259. The Hall–Kier alpha value is -3.44. The molecule has 2 aromatic carbocycles. The molecule has 1 saturated heterocycles. The molecular formula is C27H28N4O. The fourth-order valence-electron chi connectivity index (χ4n) is 4.77. The van der Waals surface area contributed by atoms with E-state index in [0.29, 0.717) is 12.1 Å². The van der Waals surface area contributed by atoms with Gasteiger partial charge in [-0.1, -0.05) is 24.3 Å². The van der Waals surface area contributed by atoms with Gasteiger partial charge in [0.05, 0.1) is 0 Å². The molecular weight excluding hydrogens is 396 g/mol. The van der Waals surface area contributed by atoms with Crippen LogP contribution in [0.4, 0.5) is 0 Å². The second-order valence-corrected chi connectivity index (χ2v) is 8.90. The Bertz CT molecular complexity index is 1320. The van der Waals surface area contributed by atoms with Crippen molar-refractivity contribution in [2.45, 2.75) is 33.2 Å². The van der Waals surface area contributed by atoms with E-state index < -0.39 is 0 Å². The van der Waals surface area contributed by atoms with Gasteiger partial charge < -0.3 is 15.6 Å². The summed E-state index contributed by atoms with van der Waals surface area (Å²) in [6.45, 7) is 7.56. The second kappa shape index (κ2) is 7.92. The van der Waals surface area contributed by atoms with Crippen molar-refractivity contribution in [1.29, 1.82) is 0 Å². The molecule has 4 aromatic rings. The second-order valence-electron chi connectivity index (χ2n) is 8.90. The van der Waals surface area contributed by atoms with Gasteiger partial charge in [0.2, 0.25) is 0 Å². The highest BCUT2D eigenvalue weighted by Crippen LogP contribution is 2.33. The van der Waals surface area contributed by atoms with Gasteiger partial charge in [-0.3, -0.25) is 9.78 Å². The largest absolute Gasteiger partial charge is 0.354 e. The highest BCUT2D eigenvalue weighted by atomic mass is 16.2. The van der Waals surface area contributed by atoms with Crippen molar-refractivity contribution < 1.29 is 4.79 Å². The molecule has 1 aliphatic heterocycles. The maximum atomic E-state index is 12.9. The zero-order chi connectivity index (χ0) is 22.4. The molecule has 5 heteroatoms. The van der Waals surface area contributed by atoms with Crippen molar-refractivity contribution in [1.82, 2.24) is 14.9 Å². The molecule has 3 N–H and O–H groups in total. The van der Waals surface area contributed by atoms with Crippen LogP contribution in [0.1, 0.15) is 33.7 Å². The first-order valence-corrected chi connectivity index (χ1v) is 11.1. The summed E-state index contributed by atoms with van der Waals surface area (Å²) in [6, 6.07) is 18.7. The number of carbonyl (C=O) groups is 1. The first kappa shape index (κ1) is 20.5. The van der Waals surface area contributed by atoms with Gasteiger partial charge in [0.15, 0.2) is 0 Å². The predicted molar refractivity (Wildman–Crippen MR) is 130 cm³/mol. The Morgan fingerprint density at radius 1 is 1.00 bits per heavy atom. The molecule has 0 bridgehead atoms. The van der Waals surface area contributed by atoms with Crippen LogP contribution >= 0.6 is 0 Å². The van der Waals surface area contributed by atoms with Crippen molar-refractivity contribution in [3.05, 3.63) is 77.1 Å². The normalized spacial score (nSPS) is 16.1. The minimum Gasteiger partial charge on any atom is -0.354 e. The number of benzene rings is 2. The number of H-pyrrole nitrogens is 1. The molecule has 5 nitrogen and oxygen atoms in total.